The summed E-state index contributed by atoms with van der Waals surface area (Å²) in [5.74, 6) is -18.4. The van der Waals surface area contributed by atoms with Crippen LogP contribution in [0.15, 0.2) is 0 Å². The molecule has 10 atom stereocenters. The van der Waals surface area contributed by atoms with Gasteiger partial charge in [0.1, 0.15) is 60.4 Å². The molecule has 84 heavy (non-hydrogen) atoms. The van der Waals surface area contributed by atoms with E-state index in [1.165, 1.54) is 0 Å². The van der Waals surface area contributed by atoms with Crippen molar-refractivity contribution < 1.29 is 107 Å². The number of nitrogens with two attached hydrogens (primary N) is 2. The van der Waals surface area contributed by atoms with Crippen molar-refractivity contribution >= 4 is 94.9 Å². The van der Waals surface area contributed by atoms with E-state index in [0.717, 1.165) is 0 Å². The summed E-state index contributed by atoms with van der Waals surface area (Å²) in [6.45, 7) is 0.335. The molecular formula is C50H78N12O22. The minimum absolute atomic E-state index is 0.0274. The van der Waals surface area contributed by atoms with E-state index in [4.69, 9.17) is 11.5 Å². The van der Waals surface area contributed by atoms with Gasteiger partial charge in [0.25, 0.3) is 0 Å². The van der Waals surface area contributed by atoms with Gasteiger partial charge in [-0.3, -0.25) is 67.1 Å². The number of aliphatic carboxylic acids is 6. The number of nitrogens with one attached hydrogen (secondary N) is 10. The lowest BCUT2D eigenvalue weighted by Crippen LogP contribution is -2.58. The predicted molar refractivity (Wildman–Crippen MR) is 285 cm³/mol. The molecule has 470 valence electrons. The Hall–Kier alpha value is -8.56. The zero-order valence-electron chi connectivity index (χ0n) is 46.1. The molecule has 0 radical (unpaired) electrons. The van der Waals surface area contributed by atoms with E-state index in [1.54, 1.807) is 0 Å². The Bertz CT molecular complexity index is 2230. The summed E-state index contributed by atoms with van der Waals surface area (Å²) in [6, 6.07) is -15.8. The molecular weight excluding hydrogens is 1120 g/mol. The summed E-state index contributed by atoms with van der Waals surface area (Å²) in [5, 5.41) is 81.1. The predicted octanol–water partition coefficient (Wildman–Crippen LogP) is -5.13. The van der Waals surface area contributed by atoms with Crippen molar-refractivity contribution in [3.63, 3.8) is 0 Å². The van der Waals surface area contributed by atoms with Crippen LogP contribution in [0.1, 0.15) is 141 Å². The summed E-state index contributed by atoms with van der Waals surface area (Å²) in [6.07, 6.45) is -5.85. The molecule has 0 spiro atoms. The Morgan fingerprint density at radius 3 is 0.810 bits per heavy atom. The number of unbranched alkanes of at least 4 members (excludes halogenated alkanes) is 3. The minimum atomic E-state index is -1.83. The molecule has 0 aliphatic carbocycles. The summed E-state index contributed by atoms with van der Waals surface area (Å²) in [4.78, 5) is 204. The highest BCUT2D eigenvalue weighted by molar-refractivity contribution is 5.99. The van der Waals surface area contributed by atoms with Crippen LogP contribution in [0, 0.1) is 0 Å². The first-order valence-electron chi connectivity index (χ1n) is 27.4. The molecule has 2 aliphatic rings. The lowest BCUT2D eigenvalue weighted by atomic mass is 10.0. The third-order valence-corrected chi connectivity index (χ3v) is 13.4. The Labute approximate surface area is 480 Å². The summed E-state index contributed by atoms with van der Waals surface area (Å²) in [7, 11) is 0. The van der Waals surface area contributed by atoms with E-state index >= 15 is 0 Å². The molecule has 10 amide bonds. The van der Waals surface area contributed by atoms with Crippen LogP contribution in [0.5, 0.6) is 0 Å². The van der Waals surface area contributed by atoms with Crippen LogP contribution in [0.3, 0.4) is 0 Å². The average Bonchev–Trinajstić information content (AvgIpc) is 4.20. The Morgan fingerprint density at radius 2 is 0.583 bits per heavy atom. The highest BCUT2D eigenvalue weighted by Crippen LogP contribution is 2.15. The van der Waals surface area contributed by atoms with E-state index in [-0.39, 0.29) is 77.3 Å². The molecule has 0 aromatic rings. The van der Waals surface area contributed by atoms with Crippen molar-refractivity contribution in [3.8, 4) is 0 Å². The van der Waals surface area contributed by atoms with E-state index < -0.39 is 220 Å². The van der Waals surface area contributed by atoms with E-state index in [0.29, 0.717) is 12.8 Å². The van der Waals surface area contributed by atoms with Crippen molar-refractivity contribution in [2.75, 3.05) is 13.1 Å². The van der Waals surface area contributed by atoms with E-state index in [1.807, 2.05) is 0 Å². The van der Waals surface area contributed by atoms with Gasteiger partial charge in [-0.15, -0.1) is 0 Å². The van der Waals surface area contributed by atoms with Crippen LogP contribution in [0.2, 0.25) is 0 Å². The molecule has 2 saturated heterocycles. The molecule has 2 fully saturated rings. The lowest BCUT2D eigenvalue weighted by Gasteiger charge is -2.27. The van der Waals surface area contributed by atoms with Crippen LogP contribution < -0.4 is 64.6 Å². The molecule has 0 saturated carbocycles. The summed E-state index contributed by atoms with van der Waals surface area (Å²) < 4.78 is 0. The summed E-state index contributed by atoms with van der Waals surface area (Å²) >= 11 is 0. The molecule has 0 aromatic heterocycles. The van der Waals surface area contributed by atoms with Crippen LogP contribution >= 0.6 is 0 Å². The largest absolute Gasteiger partial charge is 0.481 e. The number of rotatable bonds is 43. The molecule has 2 heterocycles. The van der Waals surface area contributed by atoms with Crippen LogP contribution in [-0.4, -0.2) is 199 Å². The molecule has 20 N–H and O–H groups in total. The Balaban J connectivity index is 2.56. The topological polar surface area (TPSA) is 567 Å². The molecule has 34 nitrogen and oxygen atoms in total. The standard InChI is InChI=1S/C50H78N12O22/c51-23-5-3-9-33(49(81)82)61-41(73)25(55-45(77)29(13-19-37(65)66)59-47(79)31(15-21-39(69)70)57-43(75)27-11-17-35(63)53-27)7-1-2-8-26(42(74)62-34(50(83)84)10-4-6-24-52)56-46(78)30(14-20-38(67)68)60-48(80)32(16-22-40(71)72)58-44(76)28-12-18-36(64)54-28/h25-34H,1-24,51-52H2,(H,53,63)(H,54,64)(H,55,77)(H,56,78)(H,57,75)(H,58,76)(H,59,79)(H,60,80)(H,61,73)(H,62,74)(H,65,66)(H,67,68)(H,69,70)(H,71,72)(H,81,82)(H,83,84)/t25-,26-,27-,28-,29-,30-,31-,32-,33-,34-/m0/s1. The number of carboxylic acids is 6. The van der Waals surface area contributed by atoms with Gasteiger partial charge < -0.3 is 95.3 Å². The van der Waals surface area contributed by atoms with Crippen molar-refractivity contribution in [1.82, 2.24) is 53.2 Å². The molecule has 0 unspecified atom stereocenters. The van der Waals surface area contributed by atoms with Crippen LogP contribution in [0.4, 0.5) is 0 Å². The number of carboxylic acid groups (broad SMARTS) is 6. The number of amides is 10. The minimum Gasteiger partial charge on any atom is -0.481 e. The zero-order chi connectivity index (χ0) is 63.1. The Kier molecular flexibility index (Phi) is 32.0. The van der Waals surface area contributed by atoms with Crippen molar-refractivity contribution in [2.24, 2.45) is 11.5 Å². The van der Waals surface area contributed by atoms with E-state index in [2.05, 4.69) is 53.2 Å². The fourth-order valence-electron chi connectivity index (χ4n) is 8.68. The zero-order valence-corrected chi connectivity index (χ0v) is 46.1. The second kappa shape index (κ2) is 37.5. The highest BCUT2D eigenvalue weighted by atomic mass is 16.4. The van der Waals surface area contributed by atoms with Crippen molar-refractivity contribution in [2.45, 2.75) is 202 Å². The van der Waals surface area contributed by atoms with Gasteiger partial charge in [0.15, 0.2) is 0 Å². The van der Waals surface area contributed by atoms with Gasteiger partial charge in [0, 0.05) is 38.5 Å². The number of carbonyl (C=O) groups is 16. The third kappa shape index (κ3) is 27.5. The lowest BCUT2D eigenvalue weighted by molar-refractivity contribution is -0.143. The first-order valence-corrected chi connectivity index (χ1v) is 27.4. The van der Waals surface area contributed by atoms with Gasteiger partial charge in [-0.1, -0.05) is 12.8 Å². The molecule has 2 rings (SSSR count). The maximum absolute atomic E-state index is 14.1. The van der Waals surface area contributed by atoms with Gasteiger partial charge >= 0.3 is 35.8 Å². The summed E-state index contributed by atoms with van der Waals surface area (Å²) in [5.41, 5.74) is 11.1. The average molecular weight is 1200 g/mol. The first kappa shape index (κ1) is 71.5. The van der Waals surface area contributed by atoms with E-state index in [9.17, 15) is 107 Å². The maximum Gasteiger partial charge on any atom is 0.326 e. The maximum atomic E-state index is 14.1. The Morgan fingerprint density at radius 1 is 0.357 bits per heavy atom. The number of hydrogen-bond acceptors (Lipinski definition) is 18. The fraction of sp³-hybridized carbons (Fsp3) is 0.680. The van der Waals surface area contributed by atoms with Gasteiger partial charge in [-0.05, 0) is 103 Å². The molecule has 0 aromatic carbocycles. The van der Waals surface area contributed by atoms with Gasteiger partial charge in [0.05, 0.1) is 0 Å². The van der Waals surface area contributed by atoms with Crippen LogP contribution in [-0.2, 0) is 76.7 Å². The van der Waals surface area contributed by atoms with Crippen LogP contribution in [0.25, 0.3) is 0 Å². The van der Waals surface area contributed by atoms with Gasteiger partial charge in [-0.25, -0.2) is 9.59 Å². The number of carbonyl (C=O) groups excluding carboxylic acids is 10. The van der Waals surface area contributed by atoms with Crippen molar-refractivity contribution in [1.29, 1.82) is 0 Å². The fourth-order valence-corrected chi connectivity index (χ4v) is 8.68. The molecule has 34 heteroatoms. The normalized spacial score (nSPS) is 17.3. The first-order chi connectivity index (χ1) is 39.6. The highest BCUT2D eigenvalue weighted by Gasteiger charge is 2.37. The van der Waals surface area contributed by atoms with Crippen molar-refractivity contribution in [3.05, 3.63) is 0 Å². The smallest absolute Gasteiger partial charge is 0.326 e. The van der Waals surface area contributed by atoms with Gasteiger partial charge in [0.2, 0.25) is 59.1 Å². The second-order valence-corrected chi connectivity index (χ2v) is 20.1. The molecule has 2 aliphatic heterocycles. The second-order valence-electron chi connectivity index (χ2n) is 20.1. The molecule has 0 bridgehead atoms. The SMILES string of the molecule is NCCCC[C@H](NC(=O)[C@H](CCCC[C@H](NC(=O)[C@H](CCC(=O)O)NC(=O)[C@H](CCC(=O)O)NC(=O)[C@@H]1CCC(=O)N1)C(=O)N[C@@H](CCCCN)C(=O)O)NC(=O)[C@H](CCC(=O)O)NC(=O)[C@H](CCC(=O)O)NC(=O)[C@@H]1CCC(=O)N1)C(=O)O. The quantitative estimate of drug-likeness (QED) is 0.0254. The van der Waals surface area contributed by atoms with Gasteiger partial charge in [-0.2, -0.15) is 0 Å². The number of hydrogen-bond donors (Lipinski definition) is 18. The third-order valence-electron chi connectivity index (χ3n) is 13.4. The monoisotopic (exact) mass is 1200 g/mol.